The second kappa shape index (κ2) is 8.64. The SMILES string of the molecule is COC(=O)Cn1c(N2CC[C@@H](F)[C@H](NC(=O)OC(C)(C)C)C2)nc2cc(F)c(F)cc21. The molecule has 3 rings (SSSR count). The Bertz CT molecular complexity index is 989. The van der Waals surface area contributed by atoms with Crippen LogP contribution in [0.2, 0.25) is 0 Å². The predicted molar refractivity (Wildman–Crippen MR) is 107 cm³/mol. The predicted octanol–water partition coefficient (Wildman–Crippen LogP) is 2.93. The molecule has 2 aromatic rings. The maximum absolute atomic E-state index is 14.5. The summed E-state index contributed by atoms with van der Waals surface area (Å²) in [6, 6.07) is 0.978. The molecule has 1 N–H and O–H groups in total. The van der Waals surface area contributed by atoms with Gasteiger partial charge in [0.25, 0.3) is 0 Å². The molecule has 1 aliphatic heterocycles. The Morgan fingerprint density at radius 3 is 2.58 bits per heavy atom. The van der Waals surface area contributed by atoms with E-state index in [0.717, 1.165) is 12.1 Å². The zero-order chi connectivity index (χ0) is 22.9. The van der Waals surface area contributed by atoms with E-state index in [0.29, 0.717) is 0 Å². The van der Waals surface area contributed by atoms with Crippen LogP contribution in [0.5, 0.6) is 0 Å². The Labute approximate surface area is 177 Å². The fourth-order valence-electron chi connectivity index (χ4n) is 3.40. The number of anilines is 1. The number of hydrogen-bond acceptors (Lipinski definition) is 6. The van der Waals surface area contributed by atoms with Gasteiger partial charge in [-0.05, 0) is 27.2 Å². The second-order valence-electron chi connectivity index (χ2n) is 8.33. The largest absolute Gasteiger partial charge is 0.468 e. The summed E-state index contributed by atoms with van der Waals surface area (Å²) in [6.45, 7) is 5.03. The smallest absolute Gasteiger partial charge is 0.408 e. The number of amides is 1. The summed E-state index contributed by atoms with van der Waals surface area (Å²) in [6.07, 6.45) is -2.00. The minimum Gasteiger partial charge on any atom is -0.468 e. The van der Waals surface area contributed by atoms with Crippen molar-refractivity contribution in [3.8, 4) is 0 Å². The first kappa shape index (κ1) is 22.7. The van der Waals surface area contributed by atoms with Crippen LogP contribution < -0.4 is 10.2 Å². The Kier molecular flexibility index (Phi) is 6.33. The van der Waals surface area contributed by atoms with Gasteiger partial charge in [-0.25, -0.2) is 22.9 Å². The molecule has 0 saturated carbocycles. The van der Waals surface area contributed by atoms with Crippen LogP contribution in [0, 0.1) is 11.6 Å². The normalized spacial score (nSPS) is 19.4. The van der Waals surface area contributed by atoms with Gasteiger partial charge in [-0.1, -0.05) is 0 Å². The van der Waals surface area contributed by atoms with E-state index < -0.39 is 41.5 Å². The van der Waals surface area contributed by atoms with E-state index in [1.54, 1.807) is 25.7 Å². The van der Waals surface area contributed by atoms with E-state index in [4.69, 9.17) is 9.47 Å². The molecule has 0 spiro atoms. The number of nitrogens with zero attached hydrogens (tertiary/aromatic N) is 3. The Morgan fingerprint density at radius 2 is 1.94 bits per heavy atom. The summed E-state index contributed by atoms with van der Waals surface area (Å²) < 4.78 is 53.3. The molecular formula is C20H25F3N4O4. The molecule has 2 atom stereocenters. The lowest BCUT2D eigenvalue weighted by Gasteiger charge is -2.36. The van der Waals surface area contributed by atoms with E-state index in [9.17, 15) is 22.8 Å². The van der Waals surface area contributed by atoms with Gasteiger partial charge < -0.3 is 19.7 Å². The minimum atomic E-state index is -1.32. The molecule has 0 radical (unpaired) electrons. The summed E-state index contributed by atoms with van der Waals surface area (Å²) in [5.74, 6) is -2.56. The number of carbonyl (C=O) groups is 2. The number of piperidine rings is 1. The number of halogens is 3. The molecule has 0 aliphatic carbocycles. The molecule has 1 aliphatic rings. The van der Waals surface area contributed by atoms with Crippen molar-refractivity contribution in [2.45, 2.75) is 51.6 Å². The zero-order valence-corrected chi connectivity index (χ0v) is 17.7. The monoisotopic (exact) mass is 442 g/mol. The topological polar surface area (TPSA) is 85.7 Å². The summed E-state index contributed by atoms with van der Waals surface area (Å²) >= 11 is 0. The van der Waals surface area contributed by atoms with Gasteiger partial charge in [0, 0.05) is 25.2 Å². The molecule has 11 heteroatoms. The number of fused-ring (bicyclic) bond motifs is 1. The van der Waals surface area contributed by atoms with Gasteiger partial charge in [0.05, 0.1) is 24.2 Å². The summed E-state index contributed by atoms with van der Waals surface area (Å²) in [5.41, 5.74) is -0.414. The van der Waals surface area contributed by atoms with Gasteiger partial charge in [0.1, 0.15) is 18.3 Å². The minimum absolute atomic E-state index is 0.0237. The number of methoxy groups -OCH3 is 1. The van der Waals surface area contributed by atoms with Gasteiger partial charge in [-0.15, -0.1) is 0 Å². The maximum atomic E-state index is 14.5. The van der Waals surface area contributed by atoms with Crippen LogP contribution in [0.1, 0.15) is 27.2 Å². The Morgan fingerprint density at radius 1 is 1.26 bits per heavy atom. The third kappa shape index (κ3) is 5.20. The molecule has 0 bridgehead atoms. The first-order chi connectivity index (χ1) is 14.5. The molecule has 170 valence electrons. The van der Waals surface area contributed by atoms with Crippen molar-refractivity contribution in [2.24, 2.45) is 0 Å². The lowest BCUT2D eigenvalue weighted by atomic mass is 10.0. The third-order valence-corrected chi connectivity index (χ3v) is 4.80. The number of imidazole rings is 1. The van der Waals surface area contributed by atoms with E-state index >= 15 is 0 Å². The van der Waals surface area contributed by atoms with Crippen molar-refractivity contribution >= 4 is 29.0 Å². The first-order valence-corrected chi connectivity index (χ1v) is 9.79. The number of ether oxygens (including phenoxy) is 2. The second-order valence-corrected chi connectivity index (χ2v) is 8.33. The zero-order valence-electron chi connectivity index (χ0n) is 17.7. The number of esters is 1. The third-order valence-electron chi connectivity index (χ3n) is 4.80. The van der Waals surface area contributed by atoms with E-state index in [2.05, 4.69) is 10.3 Å². The summed E-state index contributed by atoms with van der Waals surface area (Å²) in [4.78, 5) is 30.0. The van der Waals surface area contributed by atoms with Crippen molar-refractivity contribution in [3.63, 3.8) is 0 Å². The fraction of sp³-hybridized carbons (Fsp3) is 0.550. The van der Waals surface area contributed by atoms with Crippen LogP contribution in [0.3, 0.4) is 0 Å². The quantitative estimate of drug-likeness (QED) is 0.733. The van der Waals surface area contributed by atoms with Crippen molar-refractivity contribution in [1.29, 1.82) is 0 Å². The highest BCUT2D eigenvalue weighted by Gasteiger charge is 2.34. The number of carbonyl (C=O) groups excluding carboxylic acids is 2. The lowest BCUT2D eigenvalue weighted by molar-refractivity contribution is -0.141. The number of hydrogen-bond donors (Lipinski definition) is 1. The fourth-order valence-corrected chi connectivity index (χ4v) is 3.40. The number of aromatic nitrogens is 2. The van der Waals surface area contributed by atoms with Crippen molar-refractivity contribution in [1.82, 2.24) is 14.9 Å². The Hall–Kier alpha value is -2.98. The van der Waals surface area contributed by atoms with Crippen LogP contribution in [-0.2, 0) is 20.8 Å². The molecule has 0 unspecified atom stereocenters. The molecule has 1 fully saturated rings. The standard InChI is InChI=1S/C20H25F3N4O4/c1-20(2,3)31-19(29)25-15-9-26(6-5-11(15)21)18-24-14-7-12(22)13(23)8-16(14)27(18)10-17(28)30-4/h7-8,11,15H,5-6,9-10H2,1-4H3,(H,25,29)/t11-,15-/m1/s1. The maximum Gasteiger partial charge on any atom is 0.408 e. The van der Waals surface area contributed by atoms with Crippen molar-refractivity contribution in [2.75, 3.05) is 25.1 Å². The Balaban J connectivity index is 1.91. The number of nitrogens with one attached hydrogen (secondary N) is 1. The van der Waals surface area contributed by atoms with Crippen LogP contribution >= 0.6 is 0 Å². The lowest BCUT2D eigenvalue weighted by Crippen LogP contribution is -2.55. The highest BCUT2D eigenvalue weighted by Crippen LogP contribution is 2.28. The summed E-state index contributed by atoms with van der Waals surface area (Å²) in [7, 11) is 1.21. The molecule has 31 heavy (non-hydrogen) atoms. The average Bonchev–Trinajstić information content (AvgIpc) is 2.99. The van der Waals surface area contributed by atoms with E-state index in [1.165, 1.54) is 11.7 Å². The first-order valence-electron chi connectivity index (χ1n) is 9.79. The van der Waals surface area contributed by atoms with Crippen LogP contribution in [0.4, 0.5) is 23.9 Å². The van der Waals surface area contributed by atoms with E-state index in [-0.39, 0.29) is 43.0 Å². The van der Waals surface area contributed by atoms with Crippen molar-refractivity contribution in [3.05, 3.63) is 23.8 Å². The van der Waals surface area contributed by atoms with Gasteiger partial charge >= 0.3 is 12.1 Å². The van der Waals surface area contributed by atoms with Crippen LogP contribution in [-0.4, -0.2) is 59.6 Å². The van der Waals surface area contributed by atoms with Crippen LogP contribution in [0.15, 0.2) is 12.1 Å². The molecule has 8 nitrogen and oxygen atoms in total. The number of rotatable bonds is 4. The molecular weight excluding hydrogens is 417 g/mol. The van der Waals surface area contributed by atoms with Crippen molar-refractivity contribution < 1.29 is 32.2 Å². The highest BCUT2D eigenvalue weighted by atomic mass is 19.2. The molecule has 1 saturated heterocycles. The van der Waals surface area contributed by atoms with Gasteiger partial charge in [0.2, 0.25) is 5.95 Å². The van der Waals surface area contributed by atoms with E-state index in [1.807, 2.05) is 0 Å². The number of benzene rings is 1. The number of alkyl halides is 1. The molecule has 1 aromatic carbocycles. The molecule has 1 aromatic heterocycles. The van der Waals surface area contributed by atoms with Gasteiger partial charge in [-0.2, -0.15) is 0 Å². The highest BCUT2D eigenvalue weighted by molar-refractivity contribution is 5.82. The number of alkyl carbamates (subject to hydrolysis) is 1. The molecule has 2 heterocycles. The van der Waals surface area contributed by atoms with Crippen LogP contribution in [0.25, 0.3) is 11.0 Å². The van der Waals surface area contributed by atoms with Gasteiger partial charge in [0.15, 0.2) is 11.6 Å². The molecule has 1 amide bonds. The average molecular weight is 442 g/mol. The van der Waals surface area contributed by atoms with Gasteiger partial charge in [-0.3, -0.25) is 9.36 Å². The summed E-state index contributed by atoms with van der Waals surface area (Å²) in [5, 5.41) is 2.52.